The lowest BCUT2D eigenvalue weighted by Crippen LogP contribution is -2.14. The molecule has 8 nitrogen and oxygen atoms in total. The number of hydrogen-bond donors (Lipinski definition) is 2. The minimum atomic E-state index is -0.0776. The first kappa shape index (κ1) is 14.1. The van der Waals surface area contributed by atoms with E-state index >= 15 is 0 Å². The van der Waals surface area contributed by atoms with Crippen molar-refractivity contribution in [2.24, 2.45) is 0 Å². The average Bonchev–Trinajstić information content (AvgIpc) is 3.26. The van der Waals surface area contributed by atoms with Crippen LogP contribution >= 0.6 is 0 Å². The van der Waals surface area contributed by atoms with Gasteiger partial charge in [0.2, 0.25) is 11.7 Å². The molecule has 0 radical (unpaired) electrons. The van der Waals surface area contributed by atoms with E-state index < -0.39 is 0 Å². The lowest BCUT2D eigenvalue weighted by atomic mass is 10.1. The van der Waals surface area contributed by atoms with Crippen molar-refractivity contribution in [2.75, 3.05) is 5.32 Å². The van der Waals surface area contributed by atoms with E-state index in [-0.39, 0.29) is 5.91 Å². The van der Waals surface area contributed by atoms with Crippen LogP contribution in [0, 0.1) is 0 Å². The lowest BCUT2D eigenvalue weighted by Gasteiger charge is -2.06. The smallest absolute Gasteiger partial charge is 0.228 e. The molecule has 0 saturated carbocycles. The molecule has 0 aliphatic rings. The normalized spacial score (nSPS) is 10.8. The second-order valence-electron chi connectivity index (χ2n) is 5.30. The monoisotopic (exact) mass is 319 g/mol. The molecule has 2 N–H and O–H groups in total. The summed E-state index contributed by atoms with van der Waals surface area (Å²) < 4.78 is 1.90. The van der Waals surface area contributed by atoms with Crippen molar-refractivity contribution in [1.82, 2.24) is 30.0 Å². The van der Waals surface area contributed by atoms with Gasteiger partial charge in [-0.1, -0.05) is 0 Å². The number of nitrogens with zero attached hydrogens (tertiary/aromatic N) is 5. The van der Waals surface area contributed by atoms with Crippen LogP contribution in [-0.4, -0.2) is 35.9 Å². The van der Waals surface area contributed by atoms with Gasteiger partial charge in [0.05, 0.1) is 24.5 Å². The van der Waals surface area contributed by atoms with Gasteiger partial charge in [0, 0.05) is 17.4 Å². The molecule has 0 saturated heterocycles. The number of pyridine rings is 1. The minimum absolute atomic E-state index is 0.0776. The van der Waals surface area contributed by atoms with Gasteiger partial charge in [0.15, 0.2) is 0 Å². The molecule has 4 rings (SSSR count). The van der Waals surface area contributed by atoms with Gasteiger partial charge < -0.3 is 9.72 Å². The predicted molar refractivity (Wildman–Crippen MR) is 87.1 cm³/mol. The first-order chi connectivity index (χ1) is 11.8. The van der Waals surface area contributed by atoms with Gasteiger partial charge in [0.25, 0.3) is 0 Å². The summed E-state index contributed by atoms with van der Waals surface area (Å²) >= 11 is 0. The standard InChI is InChI=1S/C16H13N7O/c24-15(8-11-5-6-23-10-17-9-14(23)7-11)18-13-3-1-12(2-4-13)16-19-21-22-20-16/h1-7,9-10H,8H2,(H,18,24)(H,19,20,21,22). The maximum Gasteiger partial charge on any atom is 0.228 e. The molecule has 0 aliphatic heterocycles. The molecule has 0 fully saturated rings. The number of benzene rings is 1. The summed E-state index contributed by atoms with van der Waals surface area (Å²) in [7, 11) is 0. The molecule has 0 unspecified atom stereocenters. The van der Waals surface area contributed by atoms with E-state index in [1.54, 1.807) is 12.5 Å². The molecule has 0 spiro atoms. The Morgan fingerprint density at radius 3 is 2.88 bits per heavy atom. The summed E-state index contributed by atoms with van der Waals surface area (Å²) in [5, 5.41) is 16.6. The predicted octanol–water partition coefficient (Wildman–Crippen LogP) is 1.70. The molecule has 118 valence electrons. The van der Waals surface area contributed by atoms with E-state index in [0.29, 0.717) is 12.2 Å². The van der Waals surface area contributed by atoms with Crippen molar-refractivity contribution in [3.63, 3.8) is 0 Å². The van der Waals surface area contributed by atoms with E-state index in [1.807, 2.05) is 47.0 Å². The number of carbonyl (C=O) groups excluding carboxylic acids is 1. The first-order valence-electron chi connectivity index (χ1n) is 7.32. The minimum Gasteiger partial charge on any atom is -0.326 e. The molecule has 3 heterocycles. The summed E-state index contributed by atoms with van der Waals surface area (Å²) in [6.07, 6.45) is 5.68. The van der Waals surface area contributed by atoms with E-state index in [9.17, 15) is 4.79 Å². The Balaban J connectivity index is 1.43. The highest BCUT2D eigenvalue weighted by Gasteiger charge is 2.07. The number of fused-ring (bicyclic) bond motifs is 1. The van der Waals surface area contributed by atoms with Crippen molar-refractivity contribution >= 4 is 17.1 Å². The highest BCUT2D eigenvalue weighted by Crippen LogP contribution is 2.17. The fourth-order valence-electron chi connectivity index (χ4n) is 2.45. The average molecular weight is 319 g/mol. The summed E-state index contributed by atoms with van der Waals surface area (Å²) in [5.74, 6) is 0.438. The molecule has 0 atom stereocenters. The van der Waals surface area contributed by atoms with Gasteiger partial charge in [-0.2, -0.15) is 5.21 Å². The van der Waals surface area contributed by atoms with Crippen LogP contribution in [0.15, 0.2) is 55.1 Å². The van der Waals surface area contributed by atoms with E-state index in [1.165, 1.54) is 0 Å². The topological polar surface area (TPSA) is 101 Å². The quantitative estimate of drug-likeness (QED) is 0.596. The molecule has 0 bridgehead atoms. The number of tetrazole rings is 1. The summed E-state index contributed by atoms with van der Waals surface area (Å²) in [5.41, 5.74) is 3.44. The molecule has 4 aromatic rings. The van der Waals surface area contributed by atoms with Crippen molar-refractivity contribution in [3.8, 4) is 11.4 Å². The maximum absolute atomic E-state index is 12.2. The number of H-pyrrole nitrogens is 1. The van der Waals surface area contributed by atoms with Crippen LogP contribution in [0.1, 0.15) is 5.56 Å². The van der Waals surface area contributed by atoms with Gasteiger partial charge >= 0.3 is 0 Å². The number of anilines is 1. The highest BCUT2D eigenvalue weighted by molar-refractivity contribution is 5.92. The van der Waals surface area contributed by atoms with Crippen LogP contribution < -0.4 is 5.32 Å². The zero-order chi connectivity index (χ0) is 16.4. The van der Waals surface area contributed by atoms with Crippen LogP contribution in [0.25, 0.3) is 16.9 Å². The molecule has 1 aromatic carbocycles. The number of nitrogens with one attached hydrogen (secondary N) is 2. The zero-order valence-corrected chi connectivity index (χ0v) is 12.5. The lowest BCUT2D eigenvalue weighted by molar-refractivity contribution is -0.115. The zero-order valence-electron chi connectivity index (χ0n) is 12.5. The third kappa shape index (κ3) is 2.84. The number of rotatable bonds is 4. The number of aromatic amines is 1. The molecule has 1 amide bonds. The fraction of sp³-hybridized carbons (Fsp3) is 0.0625. The van der Waals surface area contributed by atoms with Crippen molar-refractivity contribution in [2.45, 2.75) is 6.42 Å². The number of amides is 1. The first-order valence-corrected chi connectivity index (χ1v) is 7.32. The Kier molecular flexibility index (Phi) is 3.47. The van der Waals surface area contributed by atoms with E-state index in [0.717, 1.165) is 22.3 Å². The molecule has 3 aromatic heterocycles. The molecular formula is C16H13N7O. The maximum atomic E-state index is 12.2. The molecule has 0 aliphatic carbocycles. The summed E-state index contributed by atoms with van der Waals surface area (Å²) in [6, 6.07) is 11.1. The van der Waals surface area contributed by atoms with Crippen LogP contribution in [0.5, 0.6) is 0 Å². The second kappa shape index (κ2) is 5.92. The van der Waals surface area contributed by atoms with Gasteiger partial charge in [-0.15, -0.1) is 10.2 Å². The number of imidazole rings is 1. The second-order valence-corrected chi connectivity index (χ2v) is 5.30. The van der Waals surface area contributed by atoms with Crippen molar-refractivity contribution < 1.29 is 4.79 Å². The van der Waals surface area contributed by atoms with Gasteiger partial charge in [0.1, 0.15) is 0 Å². The third-order valence-corrected chi connectivity index (χ3v) is 3.62. The van der Waals surface area contributed by atoms with Crippen molar-refractivity contribution in [1.29, 1.82) is 0 Å². The number of carbonyl (C=O) groups is 1. The molecule has 8 heteroatoms. The van der Waals surface area contributed by atoms with Crippen LogP contribution in [0.4, 0.5) is 5.69 Å². The third-order valence-electron chi connectivity index (χ3n) is 3.62. The Morgan fingerprint density at radius 1 is 1.21 bits per heavy atom. The molecular weight excluding hydrogens is 306 g/mol. The Hall–Kier alpha value is -3.55. The largest absolute Gasteiger partial charge is 0.326 e. The van der Waals surface area contributed by atoms with E-state index in [4.69, 9.17) is 0 Å². The van der Waals surface area contributed by atoms with Gasteiger partial charge in [-0.25, -0.2) is 4.98 Å². The van der Waals surface area contributed by atoms with E-state index in [2.05, 4.69) is 30.9 Å². The fourth-order valence-corrected chi connectivity index (χ4v) is 2.45. The van der Waals surface area contributed by atoms with Crippen LogP contribution in [0.2, 0.25) is 0 Å². The van der Waals surface area contributed by atoms with Crippen LogP contribution in [-0.2, 0) is 11.2 Å². The highest BCUT2D eigenvalue weighted by atomic mass is 16.1. The Bertz CT molecular complexity index is 973. The van der Waals surface area contributed by atoms with Gasteiger partial charge in [-0.05, 0) is 47.2 Å². The number of aromatic nitrogens is 6. The summed E-state index contributed by atoms with van der Waals surface area (Å²) in [6.45, 7) is 0. The van der Waals surface area contributed by atoms with Crippen molar-refractivity contribution in [3.05, 3.63) is 60.7 Å². The Morgan fingerprint density at radius 2 is 2.08 bits per heavy atom. The molecule has 24 heavy (non-hydrogen) atoms. The Labute approximate surface area is 136 Å². The number of hydrogen-bond acceptors (Lipinski definition) is 5. The SMILES string of the molecule is O=C(Cc1ccn2cncc2c1)Nc1ccc(-c2nn[nH]n2)cc1. The van der Waals surface area contributed by atoms with Gasteiger partial charge in [-0.3, -0.25) is 4.79 Å². The van der Waals surface area contributed by atoms with Crippen LogP contribution in [0.3, 0.4) is 0 Å². The summed E-state index contributed by atoms with van der Waals surface area (Å²) in [4.78, 5) is 16.3.